The first kappa shape index (κ1) is 17.4. The van der Waals surface area contributed by atoms with Crippen LogP contribution >= 0.6 is 7.92 Å². The number of aliphatic imine (C=N–C) groups is 1. The second-order valence-electron chi connectivity index (χ2n) is 6.08. The maximum absolute atomic E-state index is 4.74. The maximum atomic E-state index is 4.74. The van der Waals surface area contributed by atoms with E-state index in [2.05, 4.69) is 84.9 Å². The number of hydrogen-bond donors (Lipinski definition) is 0. The summed E-state index contributed by atoms with van der Waals surface area (Å²) in [5, 5.41) is 4.03. The van der Waals surface area contributed by atoms with Crippen molar-refractivity contribution in [3.63, 3.8) is 0 Å². The topological polar surface area (TPSA) is 15.6 Å². The summed E-state index contributed by atoms with van der Waals surface area (Å²) in [6.45, 7) is 2.03. The average molecular weight is 346 g/mol. The molecule has 3 rings (SSSR count). The van der Waals surface area contributed by atoms with Gasteiger partial charge in [-0.25, -0.2) is 4.99 Å². The van der Waals surface area contributed by atoms with Crippen LogP contribution in [0.3, 0.4) is 0 Å². The van der Waals surface area contributed by atoms with Gasteiger partial charge in [-0.3, -0.25) is 0 Å². The van der Waals surface area contributed by atoms with Gasteiger partial charge < -0.3 is 4.90 Å². The molecule has 0 N–H and O–H groups in total. The van der Waals surface area contributed by atoms with Crippen molar-refractivity contribution in [1.29, 1.82) is 0 Å². The van der Waals surface area contributed by atoms with Crippen LogP contribution in [0.5, 0.6) is 0 Å². The Hall–Kier alpha value is -2.44. The fourth-order valence-corrected chi connectivity index (χ4v) is 4.92. The fourth-order valence-electron chi connectivity index (χ4n) is 2.59. The van der Waals surface area contributed by atoms with E-state index in [-0.39, 0.29) is 0 Å². The van der Waals surface area contributed by atoms with Crippen molar-refractivity contribution in [1.82, 2.24) is 4.90 Å². The molecule has 0 aliphatic rings. The molecule has 0 aliphatic carbocycles. The molecule has 0 saturated carbocycles. The predicted molar refractivity (Wildman–Crippen MR) is 112 cm³/mol. The van der Waals surface area contributed by atoms with E-state index < -0.39 is 7.92 Å². The van der Waals surface area contributed by atoms with Gasteiger partial charge in [-0.05, 0) is 42.9 Å². The lowest BCUT2D eigenvalue weighted by atomic mass is 10.3. The zero-order valence-electron chi connectivity index (χ0n) is 14.9. The van der Waals surface area contributed by atoms with Crippen LogP contribution in [0.1, 0.15) is 6.92 Å². The minimum Gasteiger partial charge on any atom is -0.366 e. The van der Waals surface area contributed by atoms with Crippen LogP contribution in [0, 0.1) is 0 Å². The highest BCUT2D eigenvalue weighted by Gasteiger charge is 2.16. The quantitative estimate of drug-likeness (QED) is 0.395. The molecule has 3 aromatic rings. The molecule has 2 nitrogen and oxygen atoms in total. The maximum Gasteiger partial charge on any atom is 0.101 e. The minimum atomic E-state index is -0.585. The molecule has 0 aromatic heterocycles. The molecule has 0 radical (unpaired) electrons. The van der Waals surface area contributed by atoms with Gasteiger partial charge in [0.2, 0.25) is 0 Å². The minimum absolute atomic E-state index is 0.585. The molecule has 0 fully saturated rings. The summed E-state index contributed by atoms with van der Waals surface area (Å²) in [6.07, 6.45) is 0. The number of amidine groups is 1. The summed E-state index contributed by atoms with van der Waals surface area (Å²) in [6, 6.07) is 30.1. The molecule has 0 amide bonds. The van der Waals surface area contributed by atoms with E-state index in [0.717, 1.165) is 11.5 Å². The Morgan fingerprint density at radius 1 is 0.720 bits per heavy atom. The number of nitrogens with zero attached hydrogens (tertiary/aromatic N) is 2. The summed E-state index contributed by atoms with van der Waals surface area (Å²) >= 11 is 0. The lowest BCUT2D eigenvalue weighted by Gasteiger charge is -2.19. The first-order chi connectivity index (χ1) is 12.1. The highest BCUT2D eigenvalue weighted by molar-refractivity contribution is 7.79. The van der Waals surface area contributed by atoms with Crippen LogP contribution in [-0.2, 0) is 0 Å². The highest BCUT2D eigenvalue weighted by atomic mass is 31.1. The number of rotatable bonds is 4. The summed E-state index contributed by atoms with van der Waals surface area (Å²) in [5.74, 6) is 1.00. The van der Waals surface area contributed by atoms with E-state index in [1.54, 1.807) is 0 Å². The SMILES string of the molecule is C/C(=N\c1cccc(P(c2ccccc2)c2ccccc2)c1)N(C)C. The van der Waals surface area contributed by atoms with E-state index >= 15 is 0 Å². The first-order valence-corrected chi connectivity index (χ1v) is 9.72. The van der Waals surface area contributed by atoms with Crippen LogP contribution < -0.4 is 15.9 Å². The summed E-state index contributed by atoms with van der Waals surface area (Å²) in [5.41, 5.74) is 1.00. The molecule has 25 heavy (non-hydrogen) atoms. The largest absolute Gasteiger partial charge is 0.366 e. The fraction of sp³-hybridized carbons (Fsp3) is 0.136. The Morgan fingerprint density at radius 2 is 1.24 bits per heavy atom. The van der Waals surface area contributed by atoms with Gasteiger partial charge in [-0.1, -0.05) is 72.8 Å². The van der Waals surface area contributed by atoms with Crippen molar-refractivity contribution in [2.45, 2.75) is 6.92 Å². The Kier molecular flexibility index (Phi) is 5.63. The Bertz CT molecular complexity index is 803. The Labute approximate surface area is 151 Å². The van der Waals surface area contributed by atoms with Gasteiger partial charge in [-0.2, -0.15) is 0 Å². The first-order valence-electron chi connectivity index (χ1n) is 8.38. The number of hydrogen-bond acceptors (Lipinski definition) is 1. The third-order valence-electron chi connectivity index (χ3n) is 4.05. The molecule has 0 aliphatic heterocycles. The normalized spacial score (nSPS) is 11.6. The second-order valence-corrected chi connectivity index (χ2v) is 8.30. The third kappa shape index (κ3) is 4.35. The Morgan fingerprint density at radius 3 is 1.76 bits per heavy atom. The van der Waals surface area contributed by atoms with Gasteiger partial charge in [0.15, 0.2) is 0 Å². The van der Waals surface area contributed by atoms with Crippen molar-refractivity contribution in [2.75, 3.05) is 14.1 Å². The van der Waals surface area contributed by atoms with Gasteiger partial charge in [0, 0.05) is 14.1 Å². The van der Waals surface area contributed by atoms with Crippen LogP contribution in [0.15, 0.2) is 89.9 Å². The molecule has 126 valence electrons. The number of benzene rings is 3. The molecular weight excluding hydrogens is 323 g/mol. The smallest absolute Gasteiger partial charge is 0.101 e. The van der Waals surface area contributed by atoms with E-state index in [1.807, 2.05) is 25.9 Å². The molecular formula is C22H23N2P. The monoisotopic (exact) mass is 346 g/mol. The van der Waals surface area contributed by atoms with Crippen molar-refractivity contribution >= 4 is 35.4 Å². The highest BCUT2D eigenvalue weighted by Crippen LogP contribution is 2.33. The second kappa shape index (κ2) is 8.09. The van der Waals surface area contributed by atoms with Crippen LogP contribution in [0.25, 0.3) is 0 Å². The third-order valence-corrected chi connectivity index (χ3v) is 6.48. The molecule has 0 heterocycles. The van der Waals surface area contributed by atoms with Crippen molar-refractivity contribution in [3.05, 3.63) is 84.9 Å². The average Bonchev–Trinajstić information content (AvgIpc) is 2.64. The summed E-state index contributed by atoms with van der Waals surface area (Å²) < 4.78 is 0. The molecule has 0 unspecified atom stereocenters. The van der Waals surface area contributed by atoms with Crippen LogP contribution in [0.4, 0.5) is 5.69 Å². The summed E-state index contributed by atoms with van der Waals surface area (Å²) in [7, 11) is 3.45. The van der Waals surface area contributed by atoms with Gasteiger partial charge >= 0.3 is 0 Å². The zero-order valence-corrected chi connectivity index (χ0v) is 15.8. The molecule has 0 saturated heterocycles. The van der Waals surface area contributed by atoms with Gasteiger partial charge in [0.1, 0.15) is 5.84 Å². The van der Waals surface area contributed by atoms with Crippen LogP contribution in [-0.4, -0.2) is 24.8 Å². The van der Waals surface area contributed by atoms with Crippen molar-refractivity contribution < 1.29 is 0 Å². The molecule has 0 spiro atoms. The van der Waals surface area contributed by atoms with Gasteiger partial charge in [0.25, 0.3) is 0 Å². The lowest BCUT2D eigenvalue weighted by Crippen LogP contribution is -2.20. The lowest BCUT2D eigenvalue weighted by molar-refractivity contribution is 0.619. The van der Waals surface area contributed by atoms with Gasteiger partial charge in [0.05, 0.1) is 5.69 Å². The van der Waals surface area contributed by atoms with Gasteiger partial charge in [-0.15, -0.1) is 0 Å². The molecule has 0 atom stereocenters. The molecule has 0 bridgehead atoms. The van der Waals surface area contributed by atoms with Crippen molar-refractivity contribution in [2.24, 2.45) is 4.99 Å². The summed E-state index contributed by atoms with van der Waals surface area (Å²) in [4.78, 5) is 6.77. The Balaban J connectivity index is 2.07. The zero-order chi connectivity index (χ0) is 17.6. The van der Waals surface area contributed by atoms with Crippen molar-refractivity contribution in [3.8, 4) is 0 Å². The van der Waals surface area contributed by atoms with E-state index in [1.165, 1.54) is 15.9 Å². The molecule has 3 heteroatoms. The van der Waals surface area contributed by atoms with Crippen LogP contribution in [0.2, 0.25) is 0 Å². The van der Waals surface area contributed by atoms with E-state index in [9.17, 15) is 0 Å². The van der Waals surface area contributed by atoms with E-state index in [0.29, 0.717) is 0 Å². The molecule has 3 aromatic carbocycles. The van der Waals surface area contributed by atoms with E-state index in [4.69, 9.17) is 4.99 Å². The predicted octanol–water partition coefficient (Wildman–Crippen LogP) is 4.06. The standard InChI is InChI=1S/C22H23N2P/c1-18(24(2)3)23-19-11-10-16-22(17-19)25(20-12-6-4-7-13-20)21-14-8-5-9-15-21/h4-17H,1-3H3/b23-18+.